The van der Waals surface area contributed by atoms with Gasteiger partial charge in [0.25, 0.3) is 0 Å². The minimum absolute atomic E-state index is 0.990. The van der Waals surface area contributed by atoms with Crippen LogP contribution in [0.25, 0.3) is 0 Å². The van der Waals surface area contributed by atoms with E-state index in [2.05, 4.69) is 9.47 Å². The Balaban J connectivity index is 3.44. The molecule has 0 heterocycles. The highest BCUT2D eigenvalue weighted by Gasteiger charge is 2.11. The van der Waals surface area contributed by atoms with Gasteiger partial charge in [-0.25, -0.2) is 13.6 Å². The fourth-order valence-corrected chi connectivity index (χ4v) is 0.293. The Kier molecular flexibility index (Phi) is 3.68. The van der Waals surface area contributed by atoms with Gasteiger partial charge in [-0.05, 0) is 0 Å². The summed E-state index contributed by atoms with van der Waals surface area (Å²) >= 11 is 0. The Hall–Kier alpha value is -0.870. The van der Waals surface area contributed by atoms with Crippen LogP contribution >= 0.6 is 0 Å². The first-order valence-electron chi connectivity index (χ1n) is 2.67. The molecular weight excluding hydrogens is 146 g/mol. The number of alkyl halides is 2. The molecule has 0 amide bonds. The molecule has 60 valence electrons. The molecule has 0 aliphatic carbocycles. The van der Waals surface area contributed by atoms with Crippen LogP contribution in [0.5, 0.6) is 0 Å². The largest absolute Gasteiger partial charge is 0.513 e. The number of rotatable bonds is 2. The molecule has 0 fully saturated rings. The molecule has 0 aromatic heterocycles. The SMILES string of the molecule is CC(F)OC(=O)OC(C)F. The summed E-state index contributed by atoms with van der Waals surface area (Å²) in [4.78, 5) is 10.1. The van der Waals surface area contributed by atoms with Gasteiger partial charge in [-0.3, -0.25) is 0 Å². The molecule has 0 saturated carbocycles. The Morgan fingerprint density at radius 3 is 1.70 bits per heavy atom. The molecule has 3 nitrogen and oxygen atoms in total. The summed E-state index contributed by atoms with van der Waals surface area (Å²) in [5.41, 5.74) is 0. The molecule has 0 saturated heterocycles. The lowest BCUT2D eigenvalue weighted by Crippen LogP contribution is -2.15. The van der Waals surface area contributed by atoms with Gasteiger partial charge in [-0.2, -0.15) is 0 Å². The second kappa shape index (κ2) is 4.03. The monoisotopic (exact) mass is 154 g/mol. The maximum Gasteiger partial charge on any atom is 0.513 e. The summed E-state index contributed by atoms with van der Waals surface area (Å²) in [6.07, 6.45) is -4.89. The van der Waals surface area contributed by atoms with Crippen LogP contribution in [0.3, 0.4) is 0 Å². The van der Waals surface area contributed by atoms with E-state index >= 15 is 0 Å². The van der Waals surface area contributed by atoms with Gasteiger partial charge in [-0.1, -0.05) is 0 Å². The van der Waals surface area contributed by atoms with Gasteiger partial charge in [-0.15, -0.1) is 0 Å². The molecule has 0 aliphatic heterocycles. The van der Waals surface area contributed by atoms with Crippen molar-refractivity contribution in [3.05, 3.63) is 0 Å². The van der Waals surface area contributed by atoms with Crippen LogP contribution in [-0.4, -0.2) is 18.9 Å². The Labute approximate surface area is 56.9 Å². The Morgan fingerprint density at radius 2 is 1.50 bits per heavy atom. The lowest BCUT2D eigenvalue weighted by Gasteiger charge is -2.05. The smallest absolute Gasteiger partial charge is 0.400 e. The van der Waals surface area contributed by atoms with E-state index in [0.717, 1.165) is 13.8 Å². The van der Waals surface area contributed by atoms with Crippen molar-refractivity contribution in [1.82, 2.24) is 0 Å². The number of ether oxygens (including phenoxy) is 2. The van der Waals surface area contributed by atoms with Crippen molar-refractivity contribution in [3.63, 3.8) is 0 Å². The maximum absolute atomic E-state index is 11.8. The van der Waals surface area contributed by atoms with Crippen LogP contribution in [0.1, 0.15) is 13.8 Å². The number of halogens is 2. The van der Waals surface area contributed by atoms with E-state index in [4.69, 9.17) is 0 Å². The third-order valence-corrected chi connectivity index (χ3v) is 0.517. The van der Waals surface area contributed by atoms with Crippen molar-refractivity contribution in [3.8, 4) is 0 Å². The molecule has 10 heavy (non-hydrogen) atoms. The number of hydrogen-bond donors (Lipinski definition) is 0. The van der Waals surface area contributed by atoms with E-state index in [-0.39, 0.29) is 0 Å². The predicted molar refractivity (Wildman–Crippen MR) is 28.7 cm³/mol. The van der Waals surface area contributed by atoms with Gasteiger partial charge in [0, 0.05) is 13.8 Å². The molecular formula is C5H8F2O3. The summed E-state index contributed by atoms with van der Waals surface area (Å²) in [5, 5.41) is 0. The topological polar surface area (TPSA) is 35.5 Å². The predicted octanol–water partition coefficient (Wildman–Crippen LogP) is 1.77. The van der Waals surface area contributed by atoms with Crippen LogP contribution in [0.4, 0.5) is 13.6 Å². The van der Waals surface area contributed by atoms with Crippen LogP contribution in [0.15, 0.2) is 0 Å². The van der Waals surface area contributed by atoms with Gasteiger partial charge in [0.2, 0.25) is 12.7 Å². The van der Waals surface area contributed by atoms with Crippen molar-refractivity contribution in [2.45, 2.75) is 26.6 Å². The highest BCUT2D eigenvalue weighted by molar-refractivity contribution is 5.59. The Morgan fingerprint density at radius 1 is 1.20 bits per heavy atom. The molecule has 5 heteroatoms. The average molecular weight is 154 g/mol. The Bertz CT molecular complexity index is 101. The molecule has 0 radical (unpaired) electrons. The molecule has 2 atom stereocenters. The van der Waals surface area contributed by atoms with Crippen LogP contribution in [0.2, 0.25) is 0 Å². The summed E-state index contributed by atoms with van der Waals surface area (Å²) in [6, 6.07) is 0. The van der Waals surface area contributed by atoms with E-state index in [1.807, 2.05) is 0 Å². The van der Waals surface area contributed by atoms with Crippen molar-refractivity contribution >= 4 is 6.16 Å². The van der Waals surface area contributed by atoms with E-state index in [9.17, 15) is 13.6 Å². The maximum atomic E-state index is 11.8. The highest BCUT2D eigenvalue weighted by Crippen LogP contribution is 1.98. The summed E-state index contributed by atoms with van der Waals surface area (Å²) < 4.78 is 31.1. The van der Waals surface area contributed by atoms with Crippen LogP contribution in [-0.2, 0) is 9.47 Å². The highest BCUT2D eigenvalue weighted by atomic mass is 19.2. The zero-order valence-corrected chi connectivity index (χ0v) is 5.64. The zero-order chi connectivity index (χ0) is 8.15. The fourth-order valence-electron chi connectivity index (χ4n) is 0.293. The fraction of sp³-hybridized carbons (Fsp3) is 0.800. The second-order valence-corrected chi connectivity index (χ2v) is 1.57. The number of hydrogen-bond acceptors (Lipinski definition) is 3. The first kappa shape index (κ1) is 9.13. The van der Waals surface area contributed by atoms with Crippen molar-refractivity contribution in [2.24, 2.45) is 0 Å². The molecule has 0 bridgehead atoms. The summed E-state index contributed by atoms with van der Waals surface area (Å²) in [7, 11) is 0. The quantitative estimate of drug-likeness (QED) is 0.568. The third-order valence-electron chi connectivity index (χ3n) is 0.517. The van der Waals surface area contributed by atoms with Gasteiger partial charge in [0.15, 0.2) is 0 Å². The zero-order valence-electron chi connectivity index (χ0n) is 5.64. The molecule has 0 aromatic rings. The summed E-state index contributed by atoms with van der Waals surface area (Å²) in [6.45, 7) is 1.98. The van der Waals surface area contributed by atoms with Gasteiger partial charge >= 0.3 is 6.16 Å². The van der Waals surface area contributed by atoms with Crippen LogP contribution in [0, 0.1) is 0 Å². The first-order valence-corrected chi connectivity index (χ1v) is 2.67. The van der Waals surface area contributed by atoms with Crippen molar-refractivity contribution in [1.29, 1.82) is 0 Å². The second-order valence-electron chi connectivity index (χ2n) is 1.57. The first-order chi connectivity index (χ1) is 4.52. The van der Waals surface area contributed by atoms with Crippen molar-refractivity contribution < 1.29 is 23.0 Å². The van der Waals surface area contributed by atoms with E-state index in [1.54, 1.807) is 0 Å². The molecule has 0 spiro atoms. The van der Waals surface area contributed by atoms with Crippen molar-refractivity contribution in [2.75, 3.05) is 0 Å². The summed E-state index contributed by atoms with van der Waals surface area (Å²) in [5.74, 6) is 0. The lowest BCUT2D eigenvalue weighted by molar-refractivity contribution is -0.0615. The lowest BCUT2D eigenvalue weighted by atomic mass is 10.8. The minimum Gasteiger partial charge on any atom is -0.400 e. The standard InChI is InChI=1S/C5H8F2O3/c1-3(6)9-5(8)10-4(2)7/h3-4H,1-2H3. The molecule has 0 aliphatic rings. The van der Waals surface area contributed by atoms with E-state index in [1.165, 1.54) is 0 Å². The molecule has 0 aromatic carbocycles. The minimum atomic E-state index is -1.77. The normalized spacial score (nSPS) is 15.6. The number of carbonyl (C=O) groups excluding carboxylic acids is 1. The third kappa shape index (κ3) is 5.27. The molecule has 2 unspecified atom stereocenters. The molecule has 0 N–H and O–H groups in total. The average Bonchev–Trinajstić information content (AvgIpc) is 1.58. The van der Waals surface area contributed by atoms with E-state index < -0.39 is 18.9 Å². The van der Waals surface area contributed by atoms with Gasteiger partial charge < -0.3 is 9.47 Å². The molecule has 0 rings (SSSR count). The van der Waals surface area contributed by atoms with Gasteiger partial charge in [0.1, 0.15) is 0 Å². The van der Waals surface area contributed by atoms with E-state index in [0.29, 0.717) is 0 Å². The van der Waals surface area contributed by atoms with Crippen LogP contribution < -0.4 is 0 Å². The number of carbonyl (C=O) groups is 1. The van der Waals surface area contributed by atoms with Gasteiger partial charge in [0.05, 0.1) is 0 Å².